The standard InChI is InChI=1S/C16H15NO4.C9H9N3O.C7H6O3.C2H3N/c18-14-8-6-13(7-9-14)16(20)21-11-15(19)17-10-12-4-2-1-3-5-12;10-12-7-9(13)11-6-8-4-2-1-3-5-8;8-6-3-1-5(2-4-6)7(9)10;1-2-3/h1-9,18H,10-11H2,(H,17,19);1-5,7H,6H2,(H,11,13);1-4,8H,(H,9,10);1H3. The summed E-state index contributed by atoms with van der Waals surface area (Å²) in [6.45, 7) is 1.91. The Kier molecular flexibility index (Phi) is 18.5. The van der Waals surface area contributed by atoms with E-state index in [4.69, 9.17) is 30.8 Å². The van der Waals surface area contributed by atoms with Gasteiger partial charge in [-0.3, -0.25) is 9.59 Å². The molecule has 4 aromatic carbocycles. The summed E-state index contributed by atoms with van der Waals surface area (Å²) in [6, 6.07) is 31.7. The molecule has 0 aliphatic heterocycles. The first kappa shape index (κ1) is 38.3. The fraction of sp³-hybridized carbons (Fsp3) is 0.118. The SMILES string of the molecule is CC#N.O=C(COC(=O)c1ccc(O)cc1)NCc1ccccc1.O=C(O)c1ccc(O)cc1.[N-]=[N+]=CC(=O)NCc1ccccc1. The molecular formula is C34H33N5O8. The number of ether oxygens (including phenoxy) is 1. The number of hydrogen-bond acceptors (Lipinski definition) is 8. The molecule has 0 saturated heterocycles. The Morgan fingerprint density at radius 3 is 1.62 bits per heavy atom. The van der Waals surface area contributed by atoms with Crippen LogP contribution in [0.5, 0.6) is 11.5 Å². The van der Waals surface area contributed by atoms with Gasteiger partial charge in [0.2, 0.25) is 0 Å². The number of hydrogen-bond donors (Lipinski definition) is 5. The Bertz CT molecular complexity index is 1630. The number of phenolic OH excluding ortho intramolecular Hbond substituents is 2. The number of phenols is 2. The topological polar surface area (TPSA) is 222 Å². The van der Waals surface area contributed by atoms with Crippen LogP contribution in [-0.2, 0) is 27.4 Å². The number of rotatable bonds is 9. The third-order valence-electron chi connectivity index (χ3n) is 5.37. The van der Waals surface area contributed by atoms with Crippen molar-refractivity contribution in [1.29, 1.82) is 5.26 Å². The average molecular weight is 640 g/mol. The minimum Gasteiger partial charge on any atom is -0.508 e. The number of nitrogens with one attached hydrogen (secondary N) is 2. The van der Waals surface area contributed by atoms with E-state index in [1.807, 2.05) is 60.7 Å². The molecule has 0 fully saturated rings. The van der Waals surface area contributed by atoms with Gasteiger partial charge in [0.1, 0.15) is 11.5 Å². The third kappa shape index (κ3) is 17.8. The van der Waals surface area contributed by atoms with Crippen molar-refractivity contribution < 1.29 is 44.0 Å². The molecule has 13 nitrogen and oxygen atoms in total. The number of aromatic hydroxyl groups is 2. The minimum atomic E-state index is -0.986. The first-order chi connectivity index (χ1) is 22.6. The molecule has 0 atom stereocenters. The van der Waals surface area contributed by atoms with Gasteiger partial charge in [-0.1, -0.05) is 60.7 Å². The lowest BCUT2D eigenvalue weighted by molar-refractivity contribution is -0.124. The zero-order chi connectivity index (χ0) is 34.9. The van der Waals surface area contributed by atoms with Crippen molar-refractivity contribution in [3.63, 3.8) is 0 Å². The van der Waals surface area contributed by atoms with E-state index in [1.165, 1.54) is 55.5 Å². The van der Waals surface area contributed by atoms with E-state index in [1.54, 1.807) is 6.07 Å². The molecule has 0 heterocycles. The number of esters is 1. The Morgan fingerprint density at radius 1 is 0.766 bits per heavy atom. The Balaban J connectivity index is 0.000000363. The van der Waals surface area contributed by atoms with Gasteiger partial charge in [0, 0.05) is 20.0 Å². The van der Waals surface area contributed by atoms with Crippen molar-refractivity contribution in [3.8, 4) is 17.6 Å². The second kappa shape index (κ2) is 22.7. The summed E-state index contributed by atoms with van der Waals surface area (Å²) < 4.78 is 4.89. The van der Waals surface area contributed by atoms with Crippen molar-refractivity contribution in [3.05, 3.63) is 137 Å². The Hall–Kier alpha value is -6.77. The van der Waals surface area contributed by atoms with Crippen LogP contribution in [0.2, 0.25) is 0 Å². The van der Waals surface area contributed by atoms with Crippen molar-refractivity contribution in [2.45, 2.75) is 20.0 Å². The molecule has 0 radical (unpaired) electrons. The van der Waals surface area contributed by atoms with E-state index in [0.29, 0.717) is 13.1 Å². The highest BCUT2D eigenvalue weighted by atomic mass is 16.5. The van der Waals surface area contributed by atoms with E-state index in [0.717, 1.165) is 17.3 Å². The predicted octanol–water partition coefficient (Wildman–Crippen LogP) is 4.09. The zero-order valence-electron chi connectivity index (χ0n) is 25.3. The average Bonchev–Trinajstić information content (AvgIpc) is 3.08. The van der Waals surface area contributed by atoms with E-state index < -0.39 is 17.8 Å². The van der Waals surface area contributed by atoms with Crippen LogP contribution in [0, 0.1) is 11.3 Å². The molecule has 5 N–H and O–H groups in total. The lowest BCUT2D eigenvalue weighted by Gasteiger charge is -2.06. The van der Waals surface area contributed by atoms with Gasteiger partial charge in [0.25, 0.3) is 5.91 Å². The maximum atomic E-state index is 11.7. The molecule has 4 rings (SSSR count). The van der Waals surface area contributed by atoms with Gasteiger partial charge in [-0.15, -0.1) is 0 Å². The molecule has 2 amide bonds. The number of carboxylic acids is 1. The van der Waals surface area contributed by atoms with Gasteiger partial charge in [-0.2, -0.15) is 10.1 Å². The molecular weight excluding hydrogens is 606 g/mol. The lowest BCUT2D eigenvalue weighted by Crippen LogP contribution is -2.28. The highest BCUT2D eigenvalue weighted by molar-refractivity contribution is 6.23. The first-order valence-corrected chi connectivity index (χ1v) is 13.7. The van der Waals surface area contributed by atoms with Crippen molar-refractivity contribution in [2.75, 3.05) is 6.61 Å². The van der Waals surface area contributed by atoms with Gasteiger partial charge >= 0.3 is 24.1 Å². The first-order valence-electron chi connectivity index (χ1n) is 13.7. The number of carbonyl (C=O) groups excluding carboxylic acids is 3. The summed E-state index contributed by atoms with van der Waals surface area (Å²) in [4.78, 5) is 46.9. The third-order valence-corrected chi connectivity index (χ3v) is 5.37. The number of nitriles is 1. The van der Waals surface area contributed by atoms with Crippen molar-refractivity contribution >= 4 is 30.0 Å². The molecule has 4 aromatic rings. The Labute approximate surface area is 270 Å². The number of carboxylic acid groups (broad SMARTS) is 1. The molecule has 0 aromatic heterocycles. The second-order valence-corrected chi connectivity index (χ2v) is 8.91. The number of nitrogens with zero attached hydrogens (tertiary/aromatic N) is 3. The molecule has 0 bridgehead atoms. The van der Waals surface area contributed by atoms with Gasteiger partial charge in [0.15, 0.2) is 6.61 Å². The minimum absolute atomic E-state index is 0.0622. The molecule has 0 spiro atoms. The van der Waals surface area contributed by atoms with Gasteiger partial charge in [-0.05, 0) is 59.7 Å². The van der Waals surface area contributed by atoms with Crippen LogP contribution in [0.3, 0.4) is 0 Å². The number of carbonyl (C=O) groups is 4. The van der Waals surface area contributed by atoms with E-state index in [2.05, 4.69) is 15.4 Å². The highest BCUT2D eigenvalue weighted by Gasteiger charge is 2.10. The fourth-order valence-electron chi connectivity index (χ4n) is 3.15. The summed E-state index contributed by atoms with van der Waals surface area (Å²) in [5.41, 5.74) is 10.5. The van der Waals surface area contributed by atoms with E-state index in [-0.39, 0.29) is 35.1 Å². The Morgan fingerprint density at radius 2 is 1.19 bits per heavy atom. The molecule has 47 heavy (non-hydrogen) atoms. The van der Waals surface area contributed by atoms with Crippen LogP contribution in [0.15, 0.2) is 109 Å². The van der Waals surface area contributed by atoms with Crippen molar-refractivity contribution in [2.24, 2.45) is 0 Å². The summed E-state index contributed by atoms with van der Waals surface area (Å²) in [6.07, 6.45) is 0.822. The number of amides is 2. The second-order valence-electron chi connectivity index (χ2n) is 8.91. The highest BCUT2D eigenvalue weighted by Crippen LogP contribution is 2.11. The van der Waals surface area contributed by atoms with Gasteiger partial charge in [-0.25, -0.2) is 9.59 Å². The fourth-order valence-corrected chi connectivity index (χ4v) is 3.15. The molecule has 0 unspecified atom stereocenters. The van der Waals surface area contributed by atoms with E-state index in [9.17, 15) is 19.2 Å². The smallest absolute Gasteiger partial charge is 0.344 e. The summed E-state index contributed by atoms with van der Waals surface area (Å²) >= 11 is 0. The van der Waals surface area contributed by atoms with Crippen molar-refractivity contribution in [1.82, 2.24) is 10.6 Å². The van der Waals surface area contributed by atoms with Crippen LogP contribution in [0.4, 0.5) is 0 Å². The maximum Gasteiger partial charge on any atom is 0.344 e. The quantitative estimate of drug-likeness (QED) is 0.0769. The largest absolute Gasteiger partial charge is 0.508 e. The van der Waals surface area contributed by atoms with Crippen LogP contribution in [0.1, 0.15) is 38.8 Å². The van der Waals surface area contributed by atoms with Crippen LogP contribution in [0.25, 0.3) is 5.53 Å². The van der Waals surface area contributed by atoms with E-state index >= 15 is 0 Å². The van der Waals surface area contributed by atoms with Crippen LogP contribution >= 0.6 is 0 Å². The maximum absolute atomic E-state index is 11.7. The zero-order valence-corrected chi connectivity index (χ0v) is 25.3. The molecule has 0 saturated carbocycles. The summed E-state index contributed by atoms with van der Waals surface area (Å²) in [5.74, 6) is -2.24. The van der Waals surface area contributed by atoms with Crippen LogP contribution in [-0.4, -0.2) is 56.7 Å². The monoisotopic (exact) mass is 639 g/mol. The van der Waals surface area contributed by atoms with Crippen LogP contribution < -0.4 is 10.6 Å². The number of aromatic carboxylic acids is 1. The molecule has 242 valence electrons. The normalized spacial score (nSPS) is 8.94. The molecule has 13 heteroatoms. The number of benzene rings is 4. The van der Waals surface area contributed by atoms with Gasteiger partial charge in [0.05, 0.1) is 17.2 Å². The molecule has 0 aliphatic carbocycles. The molecule has 0 aliphatic rings. The summed E-state index contributed by atoms with van der Waals surface area (Å²) in [5, 5.41) is 38.8. The lowest BCUT2D eigenvalue weighted by atomic mass is 10.2. The summed E-state index contributed by atoms with van der Waals surface area (Å²) in [7, 11) is 0. The van der Waals surface area contributed by atoms with Gasteiger partial charge < -0.3 is 36.2 Å². The predicted molar refractivity (Wildman–Crippen MR) is 171 cm³/mol.